The smallest absolute Gasteiger partial charge is 0.325 e. The Hall–Kier alpha value is -1.13. The summed E-state index contributed by atoms with van der Waals surface area (Å²) in [7, 11) is 7.70. The third kappa shape index (κ3) is 3.79. The lowest BCUT2D eigenvalue weighted by Gasteiger charge is -2.26. The fourth-order valence-electron chi connectivity index (χ4n) is 1.48. The van der Waals surface area contributed by atoms with Gasteiger partial charge in [0.05, 0.1) is 12.7 Å². The molecule has 2 radical (unpaired) electrons. The van der Waals surface area contributed by atoms with Crippen LogP contribution in [0.4, 0.5) is 0 Å². The van der Waals surface area contributed by atoms with Gasteiger partial charge in [-0.15, -0.1) is 0 Å². The predicted octanol–water partition coefficient (Wildman–Crippen LogP) is 0.890. The van der Waals surface area contributed by atoms with Gasteiger partial charge < -0.3 is 14.5 Å². The van der Waals surface area contributed by atoms with E-state index in [4.69, 9.17) is 12.6 Å². The molecule has 0 bridgehead atoms. The minimum absolute atomic E-state index is 0.216. The highest BCUT2D eigenvalue weighted by Crippen LogP contribution is 2.10. The zero-order valence-corrected chi connectivity index (χ0v) is 10.1. The van der Waals surface area contributed by atoms with Gasteiger partial charge in [0, 0.05) is 19.4 Å². The van der Waals surface area contributed by atoms with Crippen LogP contribution in [-0.4, -0.2) is 49.9 Å². The van der Waals surface area contributed by atoms with E-state index in [1.54, 1.807) is 11.1 Å². The minimum atomic E-state index is -0.261. The summed E-state index contributed by atoms with van der Waals surface area (Å²) >= 11 is 0. The maximum Gasteiger partial charge on any atom is 0.325 e. The summed E-state index contributed by atoms with van der Waals surface area (Å²) in [5.41, 5.74) is 0. The summed E-state index contributed by atoms with van der Waals surface area (Å²) in [6, 6.07) is -0.261. The van der Waals surface area contributed by atoms with E-state index in [1.165, 1.54) is 0 Å². The number of unbranched alkanes of at least 4 members (excludes halogenated alkanes) is 2. The van der Waals surface area contributed by atoms with E-state index in [1.807, 2.05) is 18.1 Å². The number of nitrogens with zero attached hydrogens (tertiary/aromatic N) is 2. The Balaban J connectivity index is 2.17. The van der Waals surface area contributed by atoms with Crippen molar-refractivity contribution in [3.05, 3.63) is 12.4 Å². The van der Waals surface area contributed by atoms with Gasteiger partial charge in [0.2, 0.25) is 0 Å². The molecule has 0 aromatic rings. The fraction of sp³-hybridized carbons (Fsp3) is 0.727. The lowest BCUT2D eigenvalue weighted by atomic mass is 10.0. The molecule has 1 rings (SSSR count). The molecular formula is C11H19BN2O2. The minimum Gasteiger partial charge on any atom is -0.464 e. The van der Waals surface area contributed by atoms with Crippen molar-refractivity contribution in [3.8, 4) is 0 Å². The number of carbonyl (C=O) groups is 1. The highest BCUT2D eigenvalue weighted by Gasteiger charge is 2.20. The molecule has 0 aliphatic carbocycles. The molecule has 0 fully saturated rings. The highest BCUT2D eigenvalue weighted by molar-refractivity contribution is 6.11. The van der Waals surface area contributed by atoms with Gasteiger partial charge in [0.1, 0.15) is 14.4 Å². The van der Waals surface area contributed by atoms with Crippen LogP contribution in [0.15, 0.2) is 12.4 Å². The topological polar surface area (TPSA) is 32.8 Å². The number of rotatable bonds is 6. The molecule has 16 heavy (non-hydrogen) atoms. The maximum absolute atomic E-state index is 11.4. The lowest BCUT2D eigenvalue weighted by molar-refractivity contribution is -0.144. The largest absolute Gasteiger partial charge is 0.464 e. The summed E-state index contributed by atoms with van der Waals surface area (Å²) in [6.07, 6.45) is 6.80. The van der Waals surface area contributed by atoms with Gasteiger partial charge in [-0.3, -0.25) is 4.79 Å². The van der Waals surface area contributed by atoms with Crippen molar-refractivity contribution in [1.82, 2.24) is 9.80 Å². The zero-order valence-electron chi connectivity index (χ0n) is 10.1. The molecule has 5 heteroatoms. The Morgan fingerprint density at radius 3 is 2.75 bits per heavy atom. The normalized spacial score (nSPS) is 19.2. The molecule has 1 atom stereocenters. The SMILES string of the molecule is [B]C1N(C)C=CN1CC(=O)OCCCCC. The number of hydrogen-bond acceptors (Lipinski definition) is 4. The van der Waals surface area contributed by atoms with Crippen LogP contribution < -0.4 is 0 Å². The third-order valence-corrected chi connectivity index (χ3v) is 2.57. The van der Waals surface area contributed by atoms with E-state index in [0.717, 1.165) is 19.3 Å². The second kappa shape index (κ2) is 6.46. The van der Waals surface area contributed by atoms with Gasteiger partial charge >= 0.3 is 5.97 Å². The molecule has 1 unspecified atom stereocenters. The zero-order chi connectivity index (χ0) is 12.0. The van der Waals surface area contributed by atoms with E-state index >= 15 is 0 Å². The van der Waals surface area contributed by atoms with Crippen molar-refractivity contribution in [2.45, 2.75) is 32.3 Å². The van der Waals surface area contributed by atoms with Crippen molar-refractivity contribution in [1.29, 1.82) is 0 Å². The van der Waals surface area contributed by atoms with Crippen LogP contribution in [0.25, 0.3) is 0 Å². The van der Waals surface area contributed by atoms with Crippen LogP contribution in [0, 0.1) is 0 Å². The van der Waals surface area contributed by atoms with Gasteiger partial charge in [-0.05, 0) is 6.42 Å². The summed E-state index contributed by atoms with van der Waals surface area (Å²) < 4.78 is 5.10. The summed E-state index contributed by atoms with van der Waals surface area (Å²) in [4.78, 5) is 15.0. The second-order valence-corrected chi connectivity index (χ2v) is 3.98. The van der Waals surface area contributed by atoms with Crippen molar-refractivity contribution in [3.63, 3.8) is 0 Å². The Labute approximate surface area is 98.6 Å². The molecule has 1 aliphatic heterocycles. The first-order valence-electron chi connectivity index (χ1n) is 5.72. The van der Waals surface area contributed by atoms with Crippen LogP contribution in [0.2, 0.25) is 0 Å². The Bertz CT molecular complexity index is 258. The predicted molar refractivity (Wildman–Crippen MR) is 63.6 cm³/mol. The van der Waals surface area contributed by atoms with E-state index in [2.05, 4.69) is 6.92 Å². The first-order chi connectivity index (χ1) is 7.65. The molecule has 4 nitrogen and oxygen atoms in total. The van der Waals surface area contributed by atoms with Crippen molar-refractivity contribution in [2.75, 3.05) is 20.2 Å². The van der Waals surface area contributed by atoms with Gasteiger partial charge in [-0.1, -0.05) is 19.8 Å². The molecule has 0 amide bonds. The first-order valence-corrected chi connectivity index (χ1v) is 5.72. The highest BCUT2D eigenvalue weighted by atomic mass is 16.5. The quantitative estimate of drug-likeness (QED) is 0.379. The average molecular weight is 222 g/mol. The van der Waals surface area contributed by atoms with Crippen LogP contribution >= 0.6 is 0 Å². The Kier molecular flexibility index (Phi) is 5.22. The molecule has 1 heterocycles. The van der Waals surface area contributed by atoms with E-state index in [-0.39, 0.29) is 18.6 Å². The van der Waals surface area contributed by atoms with Crippen LogP contribution in [0.5, 0.6) is 0 Å². The molecule has 0 saturated heterocycles. The molecular weight excluding hydrogens is 203 g/mol. The molecule has 0 aromatic heterocycles. The molecule has 0 aromatic carbocycles. The molecule has 1 aliphatic rings. The van der Waals surface area contributed by atoms with Gasteiger partial charge in [0.25, 0.3) is 0 Å². The standard InChI is InChI=1S/C11H19BN2O2/c1-3-4-5-8-16-10(15)9-14-7-6-13(2)11(14)12/h6-7,11H,3-5,8-9H2,1-2H3. The molecule has 88 valence electrons. The van der Waals surface area contributed by atoms with Crippen molar-refractivity contribution >= 4 is 13.8 Å². The molecule has 0 saturated carbocycles. The molecule has 0 N–H and O–H groups in total. The van der Waals surface area contributed by atoms with Crippen molar-refractivity contribution < 1.29 is 9.53 Å². The maximum atomic E-state index is 11.4. The first kappa shape index (κ1) is 12.9. The lowest BCUT2D eigenvalue weighted by Crippen LogP contribution is -2.40. The number of ether oxygens (including phenoxy) is 1. The second-order valence-electron chi connectivity index (χ2n) is 3.98. The number of hydrogen-bond donors (Lipinski definition) is 0. The van der Waals surface area contributed by atoms with Gasteiger partial charge in [0.15, 0.2) is 0 Å². The van der Waals surface area contributed by atoms with Gasteiger partial charge in [-0.2, -0.15) is 0 Å². The van der Waals surface area contributed by atoms with E-state index in [0.29, 0.717) is 6.61 Å². The van der Waals surface area contributed by atoms with Crippen LogP contribution in [-0.2, 0) is 9.53 Å². The number of esters is 1. The van der Waals surface area contributed by atoms with Gasteiger partial charge in [-0.25, -0.2) is 0 Å². The summed E-state index contributed by atoms with van der Waals surface area (Å²) in [6.45, 7) is 2.84. The van der Waals surface area contributed by atoms with Crippen LogP contribution in [0.3, 0.4) is 0 Å². The van der Waals surface area contributed by atoms with Crippen LogP contribution in [0.1, 0.15) is 26.2 Å². The Morgan fingerprint density at radius 2 is 2.19 bits per heavy atom. The fourth-order valence-corrected chi connectivity index (χ4v) is 1.48. The average Bonchev–Trinajstić information content (AvgIpc) is 2.56. The summed E-state index contributed by atoms with van der Waals surface area (Å²) in [5.74, 6) is -0.216. The number of carbonyl (C=O) groups excluding carboxylic acids is 1. The van der Waals surface area contributed by atoms with Crippen molar-refractivity contribution in [2.24, 2.45) is 0 Å². The van der Waals surface area contributed by atoms with E-state index < -0.39 is 0 Å². The molecule has 0 spiro atoms. The Morgan fingerprint density at radius 1 is 1.44 bits per heavy atom. The monoisotopic (exact) mass is 222 g/mol. The van der Waals surface area contributed by atoms with E-state index in [9.17, 15) is 4.79 Å². The third-order valence-electron chi connectivity index (χ3n) is 2.57. The summed E-state index contributed by atoms with van der Waals surface area (Å²) in [5, 5.41) is 0.